The third kappa shape index (κ3) is 5.14. The summed E-state index contributed by atoms with van der Waals surface area (Å²) in [5.41, 5.74) is 1.23. The molecule has 0 atom stereocenters. The average molecular weight is 373 g/mol. The highest BCUT2D eigenvalue weighted by Crippen LogP contribution is 2.33. The molecule has 0 bridgehead atoms. The highest BCUT2D eigenvalue weighted by molar-refractivity contribution is 9.10. The average Bonchev–Trinajstić information content (AvgIpc) is 2.54. The summed E-state index contributed by atoms with van der Waals surface area (Å²) < 4.78 is 12.3. The maximum absolute atomic E-state index is 8.92. The van der Waals surface area contributed by atoms with E-state index < -0.39 is 0 Å². The molecule has 4 nitrogen and oxygen atoms in total. The third-order valence-corrected chi connectivity index (χ3v) is 4.82. The summed E-state index contributed by atoms with van der Waals surface area (Å²) in [6.45, 7) is 3.79. The molecule has 1 fully saturated rings. The summed E-state index contributed by atoms with van der Waals surface area (Å²) in [6, 6.07) is 4.76. The molecule has 1 aromatic rings. The largest absolute Gasteiger partial charge is 0.490 e. The number of rotatable bonds is 8. The minimum Gasteiger partial charge on any atom is -0.490 e. The first-order valence-corrected chi connectivity index (χ1v) is 9.06. The SMILES string of the molecule is CCOc1cc(C[NH2+]C2CCCCC2)c(Br)cc1OCCO. The van der Waals surface area contributed by atoms with E-state index in [-0.39, 0.29) is 13.2 Å². The Kier molecular flexibility index (Phi) is 7.49. The number of hydrogen-bond acceptors (Lipinski definition) is 3. The van der Waals surface area contributed by atoms with Gasteiger partial charge in [-0.3, -0.25) is 0 Å². The zero-order valence-electron chi connectivity index (χ0n) is 13.3. The molecule has 1 aliphatic rings. The number of nitrogens with two attached hydrogens (primary N) is 1. The Hall–Kier alpha value is -0.780. The van der Waals surface area contributed by atoms with E-state index >= 15 is 0 Å². The molecule has 0 aromatic heterocycles. The van der Waals surface area contributed by atoms with Gasteiger partial charge < -0.3 is 19.9 Å². The predicted octanol–water partition coefficient (Wildman–Crippen LogP) is 2.62. The molecule has 124 valence electrons. The quantitative estimate of drug-likeness (QED) is 0.737. The topological polar surface area (TPSA) is 55.3 Å². The van der Waals surface area contributed by atoms with E-state index in [2.05, 4.69) is 27.3 Å². The van der Waals surface area contributed by atoms with E-state index in [0.717, 1.165) is 22.8 Å². The number of aliphatic hydroxyl groups is 1. The summed E-state index contributed by atoms with van der Waals surface area (Å²) in [6.07, 6.45) is 6.77. The van der Waals surface area contributed by atoms with Crippen molar-refractivity contribution in [2.45, 2.75) is 51.6 Å². The molecule has 5 heteroatoms. The lowest BCUT2D eigenvalue weighted by atomic mass is 9.95. The number of halogens is 1. The fraction of sp³-hybridized carbons (Fsp3) is 0.647. The van der Waals surface area contributed by atoms with Crippen LogP contribution >= 0.6 is 15.9 Å². The molecule has 0 aliphatic heterocycles. The molecule has 0 amide bonds. The van der Waals surface area contributed by atoms with Gasteiger partial charge in [0, 0.05) is 10.0 Å². The molecule has 0 radical (unpaired) electrons. The number of quaternary nitrogens is 1. The van der Waals surface area contributed by atoms with Crippen LogP contribution in [0, 0.1) is 0 Å². The second kappa shape index (κ2) is 9.38. The van der Waals surface area contributed by atoms with E-state index in [1.54, 1.807) is 0 Å². The third-order valence-electron chi connectivity index (χ3n) is 4.08. The van der Waals surface area contributed by atoms with E-state index in [9.17, 15) is 0 Å². The molecule has 0 heterocycles. The van der Waals surface area contributed by atoms with Gasteiger partial charge in [-0.1, -0.05) is 22.4 Å². The molecular formula is C17H27BrNO3+. The van der Waals surface area contributed by atoms with E-state index in [1.165, 1.54) is 37.7 Å². The van der Waals surface area contributed by atoms with Crippen LogP contribution in [0.5, 0.6) is 11.5 Å². The van der Waals surface area contributed by atoms with Crippen LogP contribution in [0.25, 0.3) is 0 Å². The molecule has 0 spiro atoms. The zero-order chi connectivity index (χ0) is 15.8. The van der Waals surface area contributed by atoms with E-state index in [0.29, 0.717) is 12.4 Å². The van der Waals surface area contributed by atoms with Gasteiger partial charge in [-0.15, -0.1) is 0 Å². The Labute approximate surface area is 141 Å². The molecule has 2 rings (SSSR count). The smallest absolute Gasteiger partial charge is 0.162 e. The summed E-state index contributed by atoms with van der Waals surface area (Å²) in [5.74, 6) is 1.44. The fourth-order valence-electron chi connectivity index (χ4n) is 2.93. The molecule has 1 saturated carbocycles. The Morgan fingerprint density at radius 3 is 2.59 bits per heavy atom. The molecule has 1 aliphatic carbocycles. The van der Waals surface area contributed by atoms with E-state index in [1.807, 2.05) is 13.0 Å². The highest BCUT2D eigenvalue weighted by atomic mass is 79.9. The van der Waals surface area contributed by atoms with Crippen molar-refractivity contribution in [2.24, 2.45) is 0 Å². The molecule has 0 saturated heterocycles. The van der Waals surface area contributed by atoms with Gasteiger partial charge in [0.25, 0.3) is 0 Å². The first-order chi connectivity index (χ1) is 10.7. The second-order valence-electron chi connectivity index (χ2n) is 5.73. The van der Waals surface area contributed by atoms with E-state index in [4.69, 9.17) is 14.6 Å². The lowest BCUT2D eigenvalue weighted by Crippen LogP contribution is -2.88. The Morgan fingerprint density at radius 2 is 1.91 bits per heavy atom. The maximum atomic E-state index is 8.92. The van der Waals surface area contributed by atoms with Crippen LogP contribution in [0.2, 0.25) is 0 Å². The first kappa shape index (κ1) is 17.6. The Morgan fingerprint density at radius 1 is 1.18 bits per heavy atom. The number of aliphatic hydroxyl groups excluding tert-OH is 1. The van der Waals surface area contributed by atoms with Crippen LogP contribution in [0.4, 0.5) is 0 Å². The van der Waals surface area contributed by atoms with Crippen molar-refractivity contribution in [3.05, 3.63) is 22.2 Å². The van der Waals surface area contributed by atoms with Crippen molar-refractivity contribution in [1.29, 1.82) is 0 Å². The summed E-state index contributed by atoms with van der Waals surface area (Å²) in [5, 5.41) is 11.4. The van der Waals surface area contributed by atoms with Gasteiger partial charge in [0.2, 0.25) is 0 Å². The first-order valence-electron chi connectivity index (χ1n) is 8.26. The number of benzene rings is 1. The van der Waals surface area contributed by atoms with Crippen molar-refractivity contribution in [3.8, 4) is 11.5 Å². The van der Waals surface area contributed by atoms with Crippen LogP contribution in [-0.2, 0) is 6.54 Å². The normalized spacial score (nSPS) is 15.8. The monoisotopic (exact) mass is 372 g/mol. The number of hydrogen-bond donors (Lipinski definition) is 2. The lowest BCUT2D eigenvalue weighted by molar-refractivity contribution is -0.706. The van der Waals surface area contributed by atoms with Crippen LogP contribution < -0.4 is 14.8 Å². The van der Waals surface area contributed by atoms with Gasteiger partial charge >= 0.3 is 0 Å². The van der Waals surface area contributed by atoms with Crippen molar-refractivity contribution < 1.29 is 19.9 Å². The Balaban J connectivity index is 2.04. The van der Waals surface area contributed by atoms with Crippen molar-refractivity contribution in [1.82, 2.24) is 0 Å². The van der Waals surface area contributed by atoms with Crippen molar-refractivity contribution >= 4 is 15.9 Å². The van der Waals surface area contributed by atoms with Crippen molar-refractivity contribution in [2.75, 3.05) is 19.8 Å². The van der Waals surface area contributed by atoms with Crippen LogP contribution in [0.3, 0.4) is 0 Å². The van der Waals surface area contributed by atoms with Gasteiger partial charge in [-0.2, -0.15) is 0 Å². The van der Waals surface area contributed by atoms with Crippen molar-refractivity contribution in [3.63, 3.8) is 0 Å². The predicted molar refractivity (Wildman–Crippen MR) is 90.4 cm³/mol. The highest BCUT2D eigenvalue weighted by Gasteiger charge is 2.18. The zero-order valence-corrected chi connectivity index (χ0v) is 14.9. The van der Waals surface area contributed by atoms with Crippen LogP contribution in [-0.4, -0.2) is 31.0 Å². The molecular weight excluding hydrogens is 346 g/mol. The van der Waals surface area contributed by atoms with Gasteiger partial charge in [0.15, 0.2) is 11.5 Å². The summed E-state index contributed by atoms with van der Waals surface area (Å²) in [4.78, 5) is 0. The summed E-state index contributed by atoms with van der Waals surface area (Å²) in [7, 11) is 0. The molecule has 1 aromatic carbocycles. The number of ether oxygens (including phenoxy) is 2. The fourth-order valence-corrected chi connectivity index (χ4v) is 3.42. The minimum atomic E-state index is 0.000390. The Bertz CT molecular complexity index is 461. The lowest BCUT2D eigenvalue weighted by Gasteiger charge is -2.20. The van der Waals surface area contributed by atoms with Crippen LogP contribution in [0.1, 0.15) is 44.6 Å². The molecule has 22 heavy (non-hydrogen) atoms. The molecule has 3 N–H and O–H groups in total. The van der Waals surface area contributed by atoms with Gasteiger partial charge in [-0.25, -0.2) is 0 Å². The second-order valence-corrected chi connectivity index (χ2v) is 6.59. The van der Waals surface area contributed by atoms with Gasteiger partial charge in [0.1, 0.15) is 13.2 Å². The maximum Gasteiger partial charge on any atom is 0.162 e. The summed E-state index contributed by atoms with van der Waals surface area (Å²) >= 11 is 3.63. The minimum absolute atomic E-state index is 0.000390. The van der Waals surface area contributed by atoms with Crippen LogP contribution in [0.15, 0.2) is 16.6 Å². The standard InChI is InChI=1S/C17H26BrNO3/c1-2-21-16-10-13(12-19-14-6-4-3-5-7-14)15(18)11-17(16)22-9-8-20/h10-11,14,19-20H,2-9,12H2,1H3/p+1. The molecule has 0 unspecified atom stereocenters. The van der Waals surface area contributed by atoms with Gasteiger partial charge in [-0.05, 0) is 44.7 Å². The van der Waals surface area contributed by atoms with Gasteiger partial charge in [0.05, 0.1) is 19.3 Å².